The number of benzene rings is 1. The highest BCUT2D eigenvalue weighted by atomic mass is 35.5. The topological polar surface area (TPSA) is 37.3 Å². The summed E-state index contributed by atoms with van der Waals surface area (Å²) in [5.41, 5.74) is 3.55. The second kappa shape index (κ2) is 8.04. The maximum absolute atomic E-state index is 12.5. The number of hydrogen-bond donors (Lipinski definition) is 1. The molecule has 1 aromatic carbocycles. The molecule has 3 rings (SSSR count). The predicted molar refractivity (Wildman–Crippen MR) is 107 cm³/mol. The summed E-state index contributed by atoms with van der Waals surface area (Å²) in [6, 6.07) is 7.77. The van der Waals surface area contributed by atoms with E-state index >= 15 is 0 Å². The number of aryl methyl sites for hydroxylation is 1. The van der Waals surface area contributed by atoms with Crippen LogP contribution in [0.15, 0.2) is 24.3 Å². The summed E-state index contributed by atoms with van der Waals surface area (Å²) in [5.74, 6) is 2.18. The lowest BCUT2D eigenvalue weighted by Crippen LogP contribution is -2.31. The lowest BCUT2D eigenvalue weighted by Gasteiger charge is -2.26. The fourth-order valence-corrected chi connectivity index (χ4v) is 4.28. The molecule has 25 heavy (non-hydrogen) atoms. The van der Waals surface area contributed by atoms with Crippen molar-refractivity contribution in [2.24, 2.45) is 7.05 Å². The van der Waals surface area contributed by atoms with Crippen LogP contribution in [-0.4, -0.2) is 40.0 Å². The van der Waals surface area contributed by atoms with Crippen molar-refractivity contribution in [2.75, 3.05) is 29.9 Å². The van der Waals surface area contributed by atoms with Gasteiger partial charge in [-0.3, -0.25) is 9.69 Å². The minimum absolute atomic E-state index is 0.222. The van der Waals surface area contributed by atoms with Crippen LogP contribution >= 0.6 is 35.0 Å². The molecule has 2 aromatic rings. The van der Waals surface area contributed by atoms with Crippen LogP contribution in [-0.2, 0) is 13.6 Å². The lowest BCUT2D eigenvalue weighted by molar-refractivity contribution is 0.101. The van der Waals surface area contributed by atoms with Crippen LogP contribution in [0, 0.1) is 6.92 Å². The number of anilines is 1. The third-order valence-corrected chi connectivity index (χ3v) is 6.18. The van der Waals surface area contributed by atoms with Crippen LogP contribution in [0.2, 0.25) is 10.2 Å². The van der Waals surface area contributed by atoms with Crippen LogP contribution in [0.4, 0.5) is 5.69 Å². The Bertz CT molecular complexity index is 785. The van der Waals surface area contributed by atoms with Gasteiger partial charge in [0.05, 0.1) is 5.02 Å². The van der Waals surface area contributed by atoms with E-state index in [9.17, 15) is 4.79 Å². The Morgan fingerprint density at radius 2 is 1.96 bits per heavy atom. The highest BCUT2D eigenvalue weighted by molar-refractivity contribution is 7.99. The van der Waals surface area contributed by atoms with Gasteiger partial charge in [0.2, 0.25) is 0 Å². The molecule has 1 saturated heterocycles. The van der Waals surface area contributed by atoms with E-state index in [0.29, 0.717) is 15.9 Å². The number of aromatic nitrogens is 1. The minimum Gasteiger partial charge on any atom is -0.329 e. The van der Waals surface area contributed by atoms with Gasteiger partial charge in [-0.05, 0) is 30.2 Å². The molecule has 1 amide bonds. The molecule has 1 aliphatic heterocycles. The third kappa shape index (κ3) is 4.34. The highest BCUT2D eigenvalue weighted by Crippen LogP contribution is 2.26. The first-order chi connectivity index (χ1) is 12.0. The number of carbonyl (C=O) groups excluding carboxylic acids is 1. The molecular weight excluding hydrogens is 377 g/mol. The lowest BCUT2D eigenvalue weighted by atomic mass is 10.1. The van der Waals surface area contributed by atoms with E-state index in [2.05, 4.69) is 22.3 Å². The summed E-state index contributed by atoms with van der Waals surface area (Å²) in [4.78, 5) is 15.0. The Kier molecular flexibility index (Phi) is 6.00. The van der Waals surface area contributed by atoms with Gasteiger partial charge in [-0.2, -0.15) is 11.8 Å². The summed E-state index contributed by atoms with van der Waals surface area (Å²) < 4.78 is 1.58. The van der Waals surface area contributed by atoms with Crippen molar-refractivity contribution in [3.05, 3.63) is 51.3 Å². The largest absolute Gasteiger partial charge is 0.329 e. The summed E-state index contributed by atoms with van der Waals surface area (Å²) >= 11 is 14.0. The number of nitrogens with zero attached hydrogens (tertiary/aromatic N) is 2. The standard InChI is InChI=1S/C18H21Cl2N3OS/c1-12-9-13(11-23-5-7-25-8-6-23)3-4-15(12)21-18(24)16-10-14(19)17(20)22(16)2/h3-4,9-10H,5-8,11H2,1-2H3,(H,21,24). The van der Waals surface area contributed by atoms with Gasteiger partial charge in [0, 0.05) is 43.9 Å². The molecule has 1 aliphatic rings. The third-order valence-electron chi connectivity index (χ3n) is 4.40. The molecule has 2 heterocycles. The van der Waals surface area contributed by atoms with Crippen LogP contribution < -0.4 is 5.32 Å². The number of nitrogens with one attached hydrogen (secondary N) is 1. The number of amides is 1. The van der Waals surface area contributed by atoms with Gasteiger partial charge in [0.25, 0.3) is 5.91 Å². The highest BCUT2D eigenvalue weighted by Gasteiger charge is 2.17. The molecule has 7 heteroatoms. The molecule has 1 N–H and O–H groups in total. The van der Waals surface area contributed by atoms with Gasteiger partial charge in [0.15, 0.2) is 0 Å². The molecule has 0 radical (unpaired) electrons. The summed E-state index contributed by atoms with van der Waals surface area (Å²) in [7, 11) is 1.72. The fourth-order valence-electron chi connectivity index (χ4n) is 2.93. The van der Waals surface area contributed by atoms with Crippen molar-refractivity contribution >= 4 is 46.6 Å². The Morgan fingerprint density at radius 1 is 1.24 bits per heavy atom. The van der Waals surface area contributed by atoms with Crippen LogP contribution in [0.1, 0.15) is 21.6 Å². The maximum Gasteiger partial charge on any atom is 0.272 e. The normalized spacial score (nSPS) is 15.4. The number of hydrogen-bond acceptors (Lipinski definition) is 3. The quantitative estimate of drug-likeness (QED) is 0.828. The van der Waals surface area contributed by atoms with Crippen LogP contribution in [0.5, 0.6) is 0 Å². The molecule has 0 bridgehead atoms. The van der Waals surface area contributed by atoms with Crippen molar-refractivity contribution in [3.63, 3.8) is 0 Å². The van der Waals surface area contributed by atoms with Crippen LogP contribution in [0.3, 0.4) is 0 Å². The Balaban J connectivity index is 1.70. The molecule has 134 valence electrons. The van der Waals surface area contributed by atoms with E-state index < -0.39 is 0 Å². The molecule has 1 fully saturated rings. The van der Waals surface area contributed by atoms with E-state index in [1.54, 1.807) is 17.7 Å². The van der Waals surface area contributed by atoms with E-state index in [-0.39, 0.29) is 5.91 Å². The molecular formula is C18H21Cl2N3OS. The zero-order valence-electron chi connectivity index (χ0n) is 14.3. The van der Waals surface area contributed by atoms with Crippen molar-refractivity contribution in [1.29, 1.82) is 0 Å². The monoisotopic (exact) mass is 397 g/mol. The maximum atomic E-state index is 12.5. The first kappa shape index (κ1) is 18.6. The summed E-state index contributed by atoms with van der Waals surface area (Å²) in [5, 5.41) is 3.68. The van der Waals surface area contributed by atoms with Crippen molar-refractivity contribution in [1.82, 2.24) is 9.47 Å². The smallest absolute Gasteiger partial charge is 0.272 e. The van der Waals surface area contributed by atoms with E-state index in [0.717, 1.165) is 30.9 Å². The zero-order valence-corrected chi connectivity index (χ0v) is 16.6. The molecule has 0 saturated carbocycles. The number of rotatable bonds is 4. The Hall–Kier alpha value is -1.14. The van der Waals surface area contributed by atoms with Crippen molar-refractivity contribution in [3.8, 4) is 0 Å². The molecule has 0 aliphatic carbocycles. The van der Waals surface area contributed by atoms with Crippen molar-refractivity contribution < 1.29 is 4.79 Å². The van der Waals surface area contributed by atoms with Crippen LogP contribution in [0.25, 0.3) is 0 Å². The number of carbonyl (C=O) groups is 1. The average molecular weight is 398 g/mol. The first-order valence-electron chi connectivity index (χ1n) is 8.17. The van der Waals surface area contributed by atoms with E-state index in [1.165, 1.54) is 17.1 Å². The zero-order chi connectivity index (χ0) is 18.0. The Labute approximate surface area is 162 Å². The Morgan fingerprint density at radius 3 is 2.56 bits per heavy atom. The van der Waals surface area contributed by atoms with Gasteiger partial charge in [-0.25, -0.2) is 0 Å². The second-order valence-electron chi connectivity index (χ2n) is 6.22. The van der Waals surface area contributed by atoms with Gasteiger partial charge in [-0.1, -0.05) is 35.3 Å². The van der Waals surface area contributed by atoms with Crippen molar-refractivity contribution in [2.45, 2.75) is 13.5 Å². The predicted octanol–water partition coefficient (Wildman–Crippen LogP) is 4.44. The molecule has 0 unspecified atom stereocenters. The molecule has 0 atom stereocenters. The average Bonchev–Trinajstić information content (AvgIpc) is 2.86. The first-order valence-corrected chi connectivity index (χ1v) is 10.1. The van der Waals surface area contributed by atoms with E-state index in [1.807, 2.05) is 24.8 Å². The number of thioether (sulfide) groups is 1. The van der Waals surface area contributed by atoms with Gasteiger partial charge in [0.1, 0.15) is 10.8 Å². The SMILES string of the molecule is Cc1cc(CN2CCSCC2)ccc1NC(=O)c1cc(Cl)c(Cl)n1C. The van der Waals surface area contributed by atoms with Gasteiger partial charge < -0.3 is 9.88 Å². The van der Waals surface area contributed by atoms with Gasteiger partial charge >= 0.3 is 0 Å². The molecule has 4 nitrogen and oxygen atoms in total. The van der Waals surface area contributed by atoms with E-state index in [4.69, 9.17) is 23.2 Å². The summed E-state index contributed by atoms with van der Waals surface area (Å²) in [6.07, 6.45) is 0. The van der Waals surface area contributed by atoms with Gasteiger partial charge in [-0.15, -0.1) is 0 Å². The second-order valence-corrected chi connectivity index (χ2v) is 8.21. The number of halogens is 2. The molecule has 1 aromatic heterocycles. The molecule has 0 spiro atoms. The minimum atomic E-state index is -0.222. The summed E-state index contributed by atoms with van der Waals surface area (Å²) in [6.45, 7) is 5.24. The fraction of sp³-hybridized carbons (Fsp3) is 0.389.